The van der Waals surface area contributed by atoms with Crippen LogP contribution in [0.2, 0.25) is 0 Å². The second kappa shape index (κ2) is 5.66. The van der Waals surface area contributed by atoms with Crippen LogP contribution in [0.5, 0.6) is 0 Å². The number of piperidine rings is 1. The topological polar surface area (TPSA) is 12.0 Å². The van der Waals surface area contributed by atoms with Crippen molar-refractivity contribution in [2.45, 2.75) is 45.4 Å². The highest BCUT2D eigenvalue weighted by molar-refractivity contribution is 5.17. The molecule has 104 valence electrons. The van der Waals surface area contributed by atoms with Crippen LogP contribution in [0.15, 0.2) is 30.3 Å². The fourth-order valence-corrected chi connectivity index (χ4v) is 4.83. The summed E-state index contributed by atoms with van der Waals surface area (Å²) in [5, 5.41) is 3.65. The molecule has 3 rings (SSSR count). The molecule has 2 aliphatic rings. The summed E-state index contributed by atoms with van der Waals surface area (Å²) in [6, 6.07) is 11.1. The van der Waals surface area contributed by atoms with Gasteiger partial charge >= 0.3 is 0 Å². The minimum Gasteiger partial charge on any atom is -0.316 e. The number of nitrogens with one attached hydrogen (secondary N) is 1. The van der Waals surface area contributed by atoms with Crippen LogP contribution in [0.3, 0.4) is 0 Å². The van der Waals surface area contributed by atoms with Gasteiger partial charge in [0, 0.05) is 0 Å². The van der Waals surface area contributed by atoms with E-state index in [1.54, 1.807) is 0 Å². The number of hydrogen-bond acceptors (Lipinski definition) is 1. The Bertz CT molecular complexity index is 399. The summed E-state index contributed by atoms with van der Waals surface area (Å²) >= 11 is 0. The van der Waals surface area contributed by atoms with Crippen LogP contribution >= 0.6 is 0 Å². The summed E-state index contributed by atoms with van der Waals surface area (Å²) in [4.78, 5) is 0. The molecular weight excluding hydrogens is 230 g/mol. The highest BCUT2D eigenvalue weighted by Gasteiger charge is 2.48. The Kier molecular flexibility index (Phi) is 3.93. The second-order valence-electron chi connectivity index (χ2n) is 6.57. The molecule has 0 radical (unpaired) electrons. The van der Waals surface area contributed by atoms with Gasteiger partial charge in [-0.2, -0.15) is 0 Å². The molecule has 1 saturated heterocycles. The van der Waals surface area contributed by atoms with Gasteiger partial charge in [0.15, 0.2) is 0 Å². The van der Waals surface area contributed by atoms with E-state index in [0.717, 1.165) is 11.8 Å². The minimum atomic E-state index is 0.649. The Morgan fingerprint density at radius 2 is 2.00 bits per heavy atom. The molecular formula is C18H27N. The van der Waals surface area contributed by atoms with Crippen molar-refractivity contribution in [3.05, 3.63) is 35.9 Å². The molecule has 1 N–H and O–H groups in total. The van der Waals surface area contributed by atoms with Gasteiger partial charge in [-0.1, -0.05) is 50.1 Å². The highest BCUT2D eigenvalue weighted by atomic mass is 14.9. The van der Waals surface area contributed by atoms with E-state index in [0.29, 0.717) is 5.41 Å². The number of benzene rings is 1. The number of hydrogen-bond donors (Lipinski definition) is 1. The van der Waals surface area contributed by atoms with Crippen molar-refractivity contribution in [2.75, 3.05) is 13.1 Å². The third-order valence-corrected chi connectivity index (χ3v) is 5.80. The lowest BCUT2D eigenvalue weighted by Crippen LogP contribution is -2.48. The summed E-state index contributed by atoms with van der Waals surface area (Å²) in [7, 11) is 0. The Hall–Kier alpha value is -0.820. The summed E-state index contributed by atoms with van der Waals surface area (Å²) in [6.45, 7) is 4.87. The summed E-state index contributed by atoms with van der Waals surface area (Å²) in [5.74, 6) is 1.82. The van der Waals surface area contributed by atoms with E-state index in [-0.39, 0.29) is 0 Å². The molecule has 3 atom stereocenters. The smallest absolute Gasteiger partial charge is 0.00119 e. The van der Waals surface area contributed by atoms with Crippen molar-refractivity contribution in [2.24, 2.45) is 17.3 Å². The summed E-state index contributed by atoms with van der Waals surface area (Å²) in [5.41, 5.74) is 2.17. The molecule has 0 aromatic heterocycles. The number of rotatable bonds is 3. The van der Waals surface area contributed by atoms with Crippen LogP contribution in [-0.4, -0.2) is 13.1 Å². The maximum atomic E-state index is 3.65. The zero-order valence-electron chi connectivity index (χ0n) is 12.2. The van der Waals surface area contributed by atoms with Gasteiger partial charge in [0.25, 0.3) is 0 Å². The van der Waals surface area contributed by atoms with Crippen molar-refractivity contribution in [1.82, 2.24) is 5.32 Å². The van der Waals surface area contributed by atoms with Crippen LogP contribution in [0.25, 0.3) is 0 Å². The monoisotopic (exact) mass is 257 g/mol. The Balaban J connectivity index is 1.81. The molecule has 0 bridgehead atoms. The fraction of sp³-hybridized carbons (Fsp3) is 0.667. The average molecular weight is 257 g/mol. The van der Waals surface area contributed by atoms with Crippen LogP contribution in [0, 0.1) is 17.3 Å². The molecule has 1 aromatic carbocycles. The van der Waals surface area contributed by atoms with E-state index >= 15 is 0 Å². The van der Waals surface area contributed by atoms with Gasteiger partial charge in [-0.3, -0.25) is 0 Å². The standard InChI is InChI=1S/C18H27N/c1-2-16-9-6-10-18(16)11-12-19-14-17(18)13-15-7-4-3-5-8-15/h3-5,7-8,16-17,19H,2,6,9-14H2,1H3. The molecule has 1 saturated carbocycles. The molecule has 0 amide bonds. The van der Waals surface area contributed by atoms with Crippen molar-refractivity contribution in [3.63, 3.8) is 0 Å². The molecule has 1 aliphatic heterocycles. The quantitative estimate of drug-likeness (QED) is 0.862. The van der Waals surface area contributed by atoms with Gasteiger partial charge in [-0.15, -0.1) is 0 Å². The first kappa shape index (κ1) is 13.2. The second-order valence-corrected chi connectivity index (χ2v) is 6.57. The zero-order valence-corrected chi connectivity index (χ0v) is 12.2. The van der Waals surface area contributed by atoms with Gasteiger partial charge in [0.1, 0.15) is 0 Å². The van der Waals surface area contributed by atoms with Crippen molar-refractivity contribution in [1.29, 1.82) is 0 Å². The van der Waals surface area contributed by atoms with Gasteiger partial charge in [-0.05, 0) is 61.6 Å². The first-order chi connectivity index (χ1) is 9.35. The van der Waals surface area contributed by atoms with Gasteiger partial charge < -0.3 is 5.32 Å². The van der Waals surface area contributed by atoms with Gasteiger partial charge in [0.05, 0.1) is 0 Å². The van der Waals surface area contributed by atoms with E-state index in [1.807, 2.05) is 0 Å². The SMILES string of the molecule is CCC1CCCC12CCNCC2Cc1ccccc1. The minimum absolute atomic E-state index is 0.649. The zero-order chi connectivity index (χ0) is 13.1. The molecule has 3 unspecified atom stereocenters. The van der Waals surface area contributed by atoms with Crippen LogP contribution in [-0.2, 0) is 6.42 Å². The first-order valence-electron chi connectivity index (χ1n) is 8.10. The van der Waals surface area contributed by atoms with E-state index < -0.39 is 0 Å². The third-order valence-electron chi connectivity index (χ3n) is 5.80. The molecule has 1 spiro atoms. The summed E-state index contributed by atoms with van der Waals surface area (Å²) < 4.78 is 0. The molecule has 2 fully saturated rings. The Labute approximate surface area is 117 Å². The predicted molar refractivity (Wildman–Crippen MR) is 81.2 cm³/mol. The lowest BCUT2D eigenvalue weighted by molar-refractivity contribution is 0.0573. The molecule has 1 nitrogen and oxygen atoms in total. The van der Waals surface area contributed by atoms with Crippen molar-refractivity contribution >= 4 is 0 Å². The van der Waals surface area contributed by atoms with Gasteiger partial charge in [0.2, 0.25) is 0 Å². The van der Waals surface area contributed by atoms with E-state index in [9.17, 15) is 0 Å². The molecule has 1 heterocycles. The lowest BCUT2D eigenvalue weighted by atomic mass is 9.62. The highest BCUT2D eigenvalue weighted by Crippen LogP contribution is 2.54. The third kappa shape index (κ3) is 2.45. The molecule has 1 aromatic rings. The average Bonchev–Trinajstić information content (AvgIpc) is 2.86. The first-order valence-corrected chi connectivity index (χ1v) is 8.10. The lowest BCUT2D eigenvalue weighted by Gasteiger charge is -2.46. The molecule has 1 heteroatoms. The molecule has 19 heavy (non-hydrogen) atoms. The van der Waals surface area contributed by atoms with E-state index in [4.69, 9.17) is 0 Å². The maximum Gasteiger partial charge on any atom is -0.00119 e. The normalized spacial score (nSPS) is 34.8. The van der Waals surface area contributed by atoms with Crippen LogP contribution in [0.1, 0.15) is 44.6 Å². The van der Waals surface area contributed by atoms with Gasteiger partial charge in [-0.25, -0.2) is 0 Å². The van der Waals surface area contributed by atoms with E-state index in [2.05, 4.69) is 42.6 Å². The maximum absolute atomic E-state index is 3.65. The predicted octanol–water partition coefficient (Wildman–Crippen LogP) is 4.04. The van der Waals surface area contributed by atoms with Crippen molar-refractivity contribution in [3.8, 4) is 0 Å². The largest absolute Gasteiger partial charge is 0.316 e. The fourth-order valence-electron chi connectivity index (χ4n) is 4.83. The molecule has 1 aliphatic carbocycles. The van der Waals surface area contributed by atoms with Crippen molar-refractivity contribution < 1.29 is 0 Å². The van der Waals surface area contributed by atoms with E-state index in [1.165, 1.54) is 57.2 Å². The summed E-state index contributed by atoms with van der Waals surface area (Å²) in [6.07, 6.45) is 8.47. The Morgan fingerprint density at radius 3 is 2.79 bits per heavy atom. The van der Waals surface area contributed by atoms with Crippen LogP contribution < -0.4 is 5.32 Å². The van der Waals surface area contributed by atoms with Crippen LogP contribution in [0.4, 0.5) is 0 Å². The Morgan fingerprint density at radius 1 is 1.16 bits per heavy atom.